The first-order chi connectivity index (χ1) is 17.2. The minimum absolute atomic E-state index is 0.00444. The van der Waals surface area contributed by atoms with E-state index in [-0.39, 0.29) is 27.4 Å². The molecular weight excluding hydrogens is 462 g/mol. The van der Waals surface area contributed by atoms with Gasteiger partial charge in [-0.2, -0.15) is 0 Å². The number of rotatable bonds is 5. The van der Waals surface area contributed by atoms with E-state index in [1.165, 1.54) is 31.4 Å². The van der Waals surface area contributed by atoms with Crippen molar-refractivity contribution in [1.82, 2.24) is 9.13 Å². The van der Waals surface area contributed by atoms with Gasteiger partial charge in [0.15, 0.2) is 0 Å². The number of pyridine rings is 1. The topological polar surface area (TPSA) is 115 Å². The van der Waals surface area contributed by atoms with Crippen LogP contribution in [0.4, 0.5) is 5.69 Å². The molecule has 180 valence electrons. The minimum atomic E-state index is -1.14. The number of para-hydroxylation sites is 1. The van der Waals surface area contributed by atoms with Crippen molar-refractivity contribution < 1.29 is 24.5 Å². The Bertz CT molecular complexity index is 1740. The maximum absolute atomic E-state index is 13.6. The number of hydrogen-bond donors (Lipinski definition) is 2. The van der Waals surface area contributed by atoms with Crippen molar-refractivity contribution in [2.45, 2.75) is 13.0 Å². The number of benzene rings is 2. The van der Waals surface area contributed by atoms with Crippen LogP contribution in [0.2, 0.25) is 0 Å². The molecule has 2 N–H and O–H groups in total. The smallest absolute Gasteiger partial charge is 0.335 e. The first kappa shape index (κ1) is 24.0. The predicted molar refractivity (Wildman–Crippen MR) is 134 cm³/mol. The number of carbonyl (C=O) groups excluding carboxylic acids is 1. The SMILES string of the molecule is [C-]#[N+]c1c(O)n(-c2ccc(C(=O)O)cc2)c(=O)c(=Cc2cn(C(C)C(=O)OC)c3ccccc23)c1=C. The van der Waals surface area contributed by atoms with E-state index in [4.69, 9.17) is 16.4 Å². The summed E-state index contributed by atoms with van der Waals surface area (Å²) in [5, 5.41) is 20.8. The highest BCUT2D eigenvalue weighted by Crippen LogP contribution is 2.26. The average Bonchev–Trinajstić information content (AvgIpc) is 3.24. The van der Waals surface area contributed by atoms with Crippen LogP contribution in [0, 0.1) is 6.57 Å². The van der Waals surface area contributed by atoms with Gasteiger partial charge < -0.3 is 19.5 Å². The Hall–Kier alpha value is -5.10. The molecule has 9 nitrogen and oxygen atoms in total. The van der Waals surface area contributed by atoms with Crippen LogP contribution >= 0.6 is 0 Å². The number of nitrogens with zero attached hydrogens (tertiary/aromatic N) is 3. The van der Waals surface area contributed by atoms with E-state index in [9.17, 15) is 19.5 Å². The molecule has 0 saturated heterocycles. The highest BCUT2D eigenvalue weighted by atomic mass is 16.5. The van der Waals surface area contributed by atoms with Gasteiger partial charge in [-0.1, -0.05) is 18.2 Å². The Morgan fingerprint density at radius 1 is 1.17 bits per heavy atom. The van der Waals surface area contributed by atoms with E-state index in [0.29, 0.717) is 5.56 Å². The molecule has 0 radical (unpaired) electrons. The number of fused-ring (bicyclic) bond motifs is 1. The Morgan fingerprint density at radius 2 is 1.83 bits per heavy atom. The number of carboxylic acids is 1. The van der Waals surface area contributed by atoms with Gasteiger partial charge in [0.1, 0.15) is 6.04 Å². The van der Waals surface area contributed by atoms with Crippen LogP contribution in [-0.2, 0) is 9.53 Å². The summed E-state index contributed by atoms with van der Waals surface area (Å²) in [5.74, 6) is -2.17. The molecule has 1 atom stereocenters. The summed E-state index contributed by atoms with van der Waals surface area (Å²) < 4.78 is 7.55. The zero-order valence-corrected chi connectivity index (χ0v) is 19.4. The van der Waals surface area contributed by atoms with Gasteiger partial charge in [-0.3, -0.25) is 9.36 Å². The fourth-order valence-electron chi connectivity index (χ4n) is 4.08. The molecule has 2 heterocycles. The second-order valence-electron chi connectivity index (χ2n) is 8.02. The zero-order chi connectivity index (χ0) is 26.1. The molecule has 2 aromatic heterocycles. The quantitative estimate of drug-likeness (QED) is 0.333. The van der Waals surface area contributed by atoms with Gasteiger partial charge in [0.05, 0.1) is 24.9 Å². The van der Waals surface area contributed by atoms with Crippen molar-refractivity contribution in [2.75, 3.05) is 7.11 Å². The van der Waals surface area contributed by atoms with E-state index in [2.05, 4.69) is 11.4 Å². The lowest BCUT2D eigenvalue weighted by Crippen LogP contribution is -2.43. The van der Waals surface area contributed by atoms with Gasteiger partial charge in [-0.15, -0.1) is 6.58 Å². The third kappa shape index (κ3) is 3.91. The molecule has 4 rings (SSSR count). The van der Waals surface area contributed by atoms with Crippen LogP contribution in [0.15, 0.2) is 59.5 Å². The van der Waals surface area contributed by atoms with Gasteiger partial charge >= 0.3 is 11.9 Å². The first-order valence-electron chi connectivity index (χ1n) is 10.8. The monoisotopic (exact) mass is 483 g/mol. The van der Waals surface area contributed by atoms with Crippen molar-refractivity contribution in [3.8, 4) is 11.6 Å². The summed E-state index contributed by atoms with van der Waals surface area (Å²) in [4.78, 5) is 40.3. The number of hydrogen-bond acceptors (Lipinski definition) is 5. The maximum Gasteiger partial charge on any atom is 0.335 e. The molecule has 0 fully saturated rings. The van der Waals surface area contributed by atoms with Crippen molar-refractivity contribution in [1.29, 1.82) is 0 Å². The molecule has 36 heavy (non-hydrogen) atoms. The van der Waals surface area contributed by atoms with Crippen molar-refractivity contribution in [3.63, 3.8) is 0 Å². The molecule has 2 aromatic carbocycles. The zero-order valence-electron chi connectivity index (χ0n) is 19.4. The summed E-state index contributed by atoms with van der Waals surface area (Å²) in [6.07, 6.45) is 3.27. The second kappa shape index (κ2) is 9.27. The third-order valence-corrected chi connectivity index (χ3v) is 5.98. The fraction of sp³-hybridized carbons (Fsp3) is 0.111. The van der Waals surface area contributed by atoms with Gasteiger partial charge in [0, 0.05) is 27.9 Å². The van der Waals surface area contributed by atoms with Crippen molar-refractivity contribution in [3.05, 3.63) is 98.1 Å². The molecular formula is C27H21N3O6. The Kier molecular flexibility index (Phi) is 6.19. The van der Waals surface area contributed by atoms with E-state index >= 15 is 0 Å². The van der Waals surface area contributed by atoms with Crippen LogP contribution in [0.5, 0.6) is 5.88 Å². The number of aromatic nitrogens is 2. The van der Waals surface area contributed by atoms with E-state index < -0.39 is 29.4 Å². The number of methoxy groups -OCH3 is 1. The predicted octanol–water partition coefficient (Wildman–Crippen LogP) is 2.72. The molecule has 0 spiro atoms. The van der Waals surface area contributed by atoms with Crippen LogP contribution < -0.4 is 16.0 Å². The standard InChI is InChI=1S/C27H21N3O6/c1-15-21(13-18-14-29(16(2)27(35)36-4)22-8-6-5-7-20(18)22)24(31)30(25(32)23(15)28-3)19-11-9-17(10-12-19)26(33)34/h5-14,16,32H,1H2,2,4H3,(H,33,34). The molecule has 9 heteroatoms. The fourth-order valence-corrected chi connectivity index (χ4v) is 4.08. The molecule has 0 saturated carbocycles. The summed E-state index contributed by atoms with van der Waals surface area (Å²) in [6, 6.07) is 12.0. The van der Waals surface area contributed by atoms with Crippen LogP contribution in [0.25, 0.3) is 34.1 Å². The second-order valence-corrected chi connectivity index (χ2v) is 8.02. The van der Waals surface area contributed by atoms with Crippen LogP contribution in [0.3, 0.4) is 0 Å². The number of aromatic hydroxyl groups is 1. The normalized spacial score (nSPS) is 12.3. The lowest BCUT2D eigenvalue weighted by atomic mass is 10.1. The Morgan fingerprint density at radius 3 is 2.44 bits per heavy atom. The highest BCUT2D eigenvalue weighted by molar-refractivity contribution is 5.91. The number of carbonyl (C=O) groups is 2. The molecule has 0 aliphatic carbocycles. The molecule has 4 aromatic rings. The number of carboxylic acid groups (broad SMARTS) is 1. The molecule has 0 amide bonds. The molecule has 0 aliphatic rings. The molecule has 0 bridgehead atoms. The third-order valence-electron chi connectivity index (χ3n) is 5.98. The lowest BCUT2D eigenvalue weighted by Gasteiger charge is -2.12. The average molecular weight is 483 g/mol. The van der Waals surface area contributed by atoms with E-state index in [0.717, 1.165) is 15.5 Å². The van der Waals surface area contributed by atoms with Crippen molar-refractivity contribution >= 4 is 41.2 Å². The summed E-state index contributed by atoms with van der Waals surface area (Å²) in [6.45, 7) is 13.1. The van der Waals surface area contributed by atoms with Crippen LogP contribution in [0.1, 0.15) is 28.9 Å². The van der Waals surface area contributed by atoms with Gasteiger partial charge in [-0.25, -0.2) is 14.4 Å². The Labute approximate surface area is 204 Å². The maximum atomic E-state index is 13.6. The molecule has 1 unspecified atom stereocenters. The van der Waals surface area contributed by atoms with Gasteiger partial charge in [0.25, 0.3) is 11.2 Å². The largest absolute Gasteiger partial charge is 0.502 e. The van der Waals surface area contributed by atoms with Gasteiger partial charge in [0.2, 0.25) is 5.88 Å². The summed E-state index contributed by atoms with van der Waals surface area (Å²) in [5.41, 5.74) is 0.660. The number of aromatic carboxylic acids is 1. The van der Waals surface area contributed by atoms with Crippen molar-refractivity contribution in [2.24, 2.45) is 0 Å². The number of esters is 1. The lowest BCUT2D eigenvalue weighted by molar-refractivity contribution is -0.143. The van der Waals surface area contributed by atoms with Crippen LogP contribution in [-0.4, -0.2) is 38.4 Å². The summed E-state index contributed by atoms with van der Waals surface area (Å²) in [7, 11) is 1.31. The van der Waals surface area contributed by atoms with E-state index in [1.54, 1.807) is 23.8 Å². The molecule has 0 aliphatic heterocycles. The number of ether oxygens (including phenoxy) is 1. The van der Waals surface area contributed by atoms with Gasteiger partial charge in [-0.05, 0) is 48.6 Å². The minimum Gasteiger partial charge on any atom is -0.502 e. The summed E-state index contributed by atoms with van der Waals surface area (Å²) >= 11 is 0. The first-order valence-corrected chi connectivity index (χ1v) is 10.8. The van der Waals surface area contributed by atoms with E-state index in [1.807, 2.05) is 24.3 Å². The Balaban J connectivity index is 2.04. The highest BCUT2D eigenvalue weighted by Gasteiger charge is 2.20.